The minimum Gasteiger partial charge on any atom is -0.494 e. The van der Waals surface area contributed by atoms with Gasteiger partial charge in [0, 0.05) is 6.61 Å². The van der Waals surface area contributed by atoms with E-state index in [4.69, 9.17) is 18.9 Å². The number of carbonyl (C=O) groups excluding carboxylic acids is 2. The minimum absolute atomic E-state index is 0.194. The lowest BCUT2D eigenvalue weighted by Gasteiger charge is -2.08. The Balaban J connectivity index is 1.92. The van der Waals surface area contributed by atoms with Gasteiger partial charge in [0.2, 0.25) is 0 Å². The molecule has 0 heterocycles. The zero-order valence-electron chi connectivity index (χ0n) is 15.6. The number of esters is 2. The van der Waals surface area contributed by atoms with Crippen LogP contribution in [0.25, 0.3) is 0 Å². The first kappa shape index (κ1) is 20.5. The molecule has 0 saturated carbocycles. The van der Waals surface area contributed by atoms with Gasteiger partial charge in [-0.25, -0.2) is 9.59 Å². The standard InChI is InChI=1S/C21H24O6/c1-3-12-25-19-7-5-6-17(15-19)21(23)27-18-10-8-16(9-11-18)20(22)26-14-13-24-4-2/h5-11,15H,3-4,12-14H2,1-2H3. The predicted molar refractivity (Wildman–Crippen MR) is 100 cm³/mol. The Morgan fingerprint density at radius 2 is 1.59 bits per heavy atom. The highest BCUT2D eigenvalue weighted by molar-refractivity contribution is 5.92. The molecule has 0 spiro atoms. The van der Waals surface area contributed by atoms with Crippen molar-refractivity contribution >= 4 is 11.9 Å². The second kappa shape index (κ2) is 11.0. The molecule has 0 atom stereocenters. The van der Waals surface area contributed by atoms with Gasteiger partial charge in [-0.2, -0.15) is 0 Å². The molecule has 6 nitrogen and oxygen atoms in total. The molecule has 0 bridgehead atoms. The second-order valence-corrected chi connectivity index (χ2v) is 5.62. The average molecular weight is 372 g/mol. The number of hydrogen-bond donors (Lipinski definition) is 0. The van der Waals surface area contributed by atoms with E-state index in [0.717, 1.165) is 6.42 Å². The van der Waals surface area contributed by atoms with Crippen LogP contribution in [0.1, 0.15) is 41.0 Å². The summed E-state index contributed by atoms with van der Waals surface area (Å²) < 4.78 is 21.0. The Kier molecular flexibility index (Phi) is 8.32. The minimum atomic E-state index is -0.496. The van der Waals surface area contributed by atoms with E-state index in [1.807, 2.05) is 13.8 Å². The SMILES string of the molecule is CCCOc1cccc(C(=O)Oc2ccc(C(=O)OCCOCC)cc2)c1. The largest absolute Gasteiger partial charge is 0.494 e. The molecule has 0 amide bonds. The first-order valence-electron chi connectivity index (χ1n) is 8.94. The Morgan fingerprint density at radius 1 is 0.815 bits per heavy atom. The zero-order valence-corrected chi connectivity index (χ0v) is 15.6. The van der Waals surface area contributed by atoms with Gasteiger partial charge in [0.05, 0.1) is 24.3 Å². The van der Waals surface area contributed by atoms with Crippen LogP contribution in [0, 0.1) is 0 Å². The lowest BCUT2D eigenvalue weighted by atomic mass is 10.2. The molecule has 0 unspecified atom stereocenters. The van der Waals surface area contributed by atoms with E-state index in [1.165, 1.54) is 0 Å². The number of carbonyl (C=O) groups is 2. The molecule has 0 N–H and O–H groups in total. The van der Waals surface area contributed by atoms with Crippen LogP contribution in [0.4, 0.5) is 0 Å². The molecule has 0 aliphatic carbocycles. The summed E-state index contributed by atoms with van der Waals surface area (Å²) in [6.45, 7) is 5.59. The highest BCUT2D eigenvalue weighted by atomic mass is 16.6. The maximum atomic E-state index is 12.3. The molecule has 144 valence electrons. The molecule has 0 aromatic heterocycles. The van der Waals surface area contributed by atoms with Gasteiger partial charge < -0.3 is 18.9 Å². The molecule has 0 fully saturated rings. The highest BCUT2D eigenvalue weighted by Gasteiger charge is 2.11. The van der Waals surface area contributed by atoms with Crippen LogP contribution in [-0.2, 0) is 9.47 Å². The van der Waals surface area contributed by atoms with E-state index in [-0.39, 0.29) is 6.61 Å². The third kappa shape index (κ3) is 6.75. The van der Waals surface area contributed by atoms with Crippen molar-refractivity contribution in [3.63, 3.8) is 0 Å². The van der Waals surface area contributed by atoms with Gasteiger partial charge >= 0.3 is 11.9 Å². The third-order valence-corrected chi connectivity index (χ3v) is 3.51. The van der Waals surface area contributed by atoms with Gasteiger partial charge in [-0.05, 0) is 55.8 Å². The number of hydrogen-bond acceptors (Lipinski definition) is 6. The summed E-state index contributed by atoms with van der Waals surface area (Å²) in [5.41, 5.74) is 0.768. The fourth-order valence-electron chi connectivity index (χ4n) is 2.18. The molecule has 2 rings (SSSR count). The van der Waals surface area contributed by atoms with Crippen LogP contribution < -0.4 is 9.47 Å². The maximum absolute atomic E-state index is 12.3. The van der Waals surface area contributed by atoms with Crippen molar-refractivity contribution in [1.29, 1.82) is 0 Å². The van der Waals surface area contributed by atoms with Crippen LogP contribution >= 0.6 is 0 Å². The monoisotopic (exact) mass is 372 g/mol. The van der Waals surface area contributed by atoms with Crippen LogP contribution in [-0.4, -0.2) is 38.4 Å². The van der Waals surface area contributed by atoms with Crippen LogP contribution in [0.2, 0.25) is 0 Å². The van der Waals surface area contributed by atoms with Crippen LogP contribution in [0.3, 0.4) is 0 Å². The van der Waals surface area contributed by atoms with E-state index in [2.05, 4.69) is 0 Å². The summed E-state index contributed by atoms with van der Waals surface area (Å²) >= 11 is 0. The van der Waals surface area contributed by atoms with E-state index in [0.29, 0.717) is 42.4 Å². The lowest BCUT2D eigenvalue weighted by molar-refractivity contribution is 0.0335. The molecule has 0 aliphatic rings. The van der Waals surface area contributed by atoms with Crippen molar-refractivity contribution in [3.05, 3.63) is 59.7 Å². The van der Waals surface area contributed by atoms with Crippen molar-refractivity contribution in [2.24, 2.45) is 0 Å². The lowest BCUT2D eigenvalue weighted by Crippen LogP contribution is -2.11. The molecular formula is C21H24O6. The Bertz CT molecular complexity index is 739. The third-order valence-electron chi connectivity index (χ3n) is 3.51. The number of benzene rings is 2. The summed E-state index contributed by atoms with van der Waals surface area (Å²) in [4.78, 5) is 24.2. The van der Waals surface area contributed by atoms with Crippen LogP contribution in [0.15, 0.2) is 48.5 Å². The van der Waals surface area contributed by atoms with Gasteiger partial charge in [0.1, 0.15) is 18.1 Å². The number of rotatable bonds is 10. The van der Waals surface area contributed by atoms with Gasteiger partial charge in [-0.1, -0.05) is 13.0 Å². The molecule has 6 heteroatoms. The van der Waals surface area contributed by atoms with Gasteiger partial charge in [-0.15, -0.1) is 0 Å². The normalized spacial score (nSPS) is 10.3. The fraction of sp³-hybridized carbons (Fsp3) is 0.333. The molecule has 0 aliphatic heterocycles. The number of ether oxygens (including phenoxy) is 4. The first-order chi connectivity index (χ1) is 13.1. The molecule has 2 aromatic rings. The van der Waals surface area contributed by atoms with E-state index in [9.17, 15) is 9.59 Å². The Hall–Kier alpha value is -2.86. The van der Waals surface area contributed by atoms with Crippen LogP contribution in [0.5, 0.6) is 11.5 Å². The second-order valence-electron chi connectivity index (χ2n) is 5.62. The maximum Gasteiger partial charge on any atom is 0.343 e. The summed E-state index contributed by atoms with van der Waals surface area (Å²) in [6, 6.07) is 13.0. The molecule has 0 radical (unpaired) electrons. The van der Waals surface area contributed by atoms with Crippen molar-refractivity contribution in [2.75, 3.05) is 26.4 Å². The van der Waals surface area contributed by atoms with Gasteiger partial charge in [-0.3, -0.25) is 0 Å². The quantitative estimate of drug-likeness (QED) is 0.358. The Morgan fingerprint density at radius 3 is 2.30 bits per heavy atom. The predicted octanol–water partition coefficient (Wildman–Crippen LogP) is 3.89. The summed E-state index contributed by atoms with van der Waals surface area (Å²) in [7, 11) is 0. The Labute approximate surface area is 159 Å². The molecule has 27 heavy (non-hydrogen) atoms. The molecular weight excluding hydrogens is 348 g/mol. The van der Waals surface area contributed by atoms with Crippen molar-refractivity contribution < 1.29 is 28.5 Å². The zero-order chi connectivity index (χ0) is 19.5. The summed E-state index contributed by atoms with van der Waals surface area (Å²) in [5.74, 6) is 0.0135. The van der Waals surface area contributed by atoms with Gasteiger partial charge in [0.25, 0.3) is 0 Å². The smallest absolute Gasteiger partial charge is 0.343 e. The molecule has 0 saturated heterocycles. The van der Waals surface area contributed by atoms with E-state index in [1.54, 1.807) is 48.5 Å². The fourth-order valence-corrected chi connectivity index (χ4v) is 2.18. The first-order valence-corrected chi connectivity index (χ1v) is 8.94. The topological polar surface area (TPSA) is 71.1 Å². The summed E-state index contributed by atoms with van der Waals surface area (Å²) in [6.07, 6.45) is 0.884. The van der Waals surface area contributed by atoms with Crippen molar-refractivity contribution in [1.82, 2.24) is 0 Å². The van der Waals surface area contributed by atoms with E-state index < -0.39 is 11.9 Å². The van der Waals surface area contributed by atoms with Crippen molar-refractivity contribution in [3.8, 4) is 11.5 Å². The molecule has 2 aromatic carbocycles. The van der Waals surface area contributed by atoms with E-state index >= 15 is 0 Å². The highest BCUT2D eigenvalue weighted by Crippen LogP contribution is 2.18. The van der Waals surface area contributed by atoms with Gasteiger partial charge in [0.15, 0.2) is 0 Å². The average Bonchev–Trinajstić information content (AvgIpc) is 2.70. The summed E-state index contributed by atoms with van der Waals surface area (Å²) in [5, 5.41) is 0. The van der Waals surface area contributed by atoms with Crippen molar-refractivity contribution in [2.45, 2.75) is 20.3 Å².